The molecule has 0 unspecified atom stereocenters. The van der Waals surface area contributed by atoms with Gasteiger partial charge in [0.05, 0.1) is 12.0 Å². The summed E-state index contributed by atoms with van der Waals surface area (Å²) >= 11 is 0. The average molecular weight is 274 g/mol. The van der Waals surface area contributed by atoms with Crippen LogP contribution in [0, 0.1) is 5.41 Å². The normalized spacial score (nSPS) is 26.6. The lowest BCUT2D eigenvalue weighted by atomic mass is 9.79. The molecule has 2 atom stereocenters. The van der Waals surface area contributed by atoms with Crippen molar-refractivity contribution in [1.29, 1.82) is 0 Å². The molecule has 0 bridgehead atoms. The maximum Gasteiger partial charge on any atom is 0.336 e. The number of allylic oxidation sites excluding steroid dienone is 1. The third-order valence-electron chi connectivity index (χ3n) is 3.98. The third-order valence-corrected chi connectivity index (χ3v) is 3.98. The average Bonchev–Trinajstić information content (AvgIpc) is 2.75. The predicted octanol–water partition coefficient (Wildman–Crippen LogP) is 3.49. The summed E-state index contributed by atoms with van der Waals surface area (Å²) in [7, 11) is 0. The van der Waals surface area contributed by atoms with Crippen molar-refractivity contribution in [2.45, 2.75) is 39.9 Å². The fourth-order valence-corrected chi connectivity index (χ4v) is 2.50. The zero-order valence-electron chi connectivity index (χ0n) is 12.4. The second kappa shape index (κ2) is 6.23. The number of esters is 1. The van der Waals surface area contributed by atoms with Gasteiger partial charge in [-0.05, 0) is 25.8 Å². The number of hydrogen-bond acceptors (Lipinski definition) is 3. The standard InChI is InChI=1S/C17H22O3/c1-4-8-13(2)17(3)12-20-16(18)15(17)19-11-14-9-6-5-7-10-14/h5-10,15H,4,11-12H2,1-3H3/b13-8+/t15-,17-/m0/s1. The highest BCUT2D eigenvalue weighted by Crippen LogP contribution is 2.39. The molecule has 0 spiro atoms. The molecule has 3 nitrogen and oxygen atoms in total. The Balaban J connectivity index is 2.11. The number of carbonyl (C=O) groups excluding carboxylic acids is 1. The Labute approximate surface area is 120 Å². The lowest BCUT2D eigenvalue weighted by Gasteiger charge is -2.28. The molecule has 1 heterocycles. The summed E-state index contributed by atoms with van der Waals surface area (Å²) in [5, 5.41) is 0. The lowest BCUT2D eigenvalue weighted by Crippen LogP contribution is -2.36. The van der Waals surface area contributed by atoms with Crippen LogP contribution in [0.3, 0.4) is 0 Å². The Morgan fingerprint density at radius 1 is 1.45 bits per heavy atom. The minimum absolute atomic E-state index is 0.257. The Morgan fingerprint density at radius 3 is 2.80 bits per heavy atom. The van der Waals surface area contributed by atoms with Gasteiger partial charge >= 0.3 is 5.97 Å². The Morgan fingerprint density at radius 2 is 2.15 bits per heavy atom. The van der Waals surface area contributed by atoms with Gasteiger partial charge in [-0.1, -0.05) is 48.9 Å². The van der Waals surface area contributed by atoms with E-state index in [2.05, 4.69) is 13.0 Å². The first kappa shape index (κ1) is 14.8. The van der Waals surface area contributed by atoms with Crippen molar-refractivity contribution in [2.75, 3.05) is 6.61 Å². The van der Waals surface area contributed by atoms with Crippen LogP contribution in [0.25, 0.3) is 0 Å². The van der Waals surface area contributed by atoms with Crippen LogP contribution in [0.5, 0.6) is 0 Å². The molecule has 1 fully saturated rings. The molecular formula is C17H22O3. The molecule has 3 heteroatoms. The maximum atomic E-state index is 11.9. The van der Waals surface area contributed by atoms with Gasteiger partial charge in [-0.3, -0.25) is 0 Å². The van der Waals surface area contributed by atoms with E-state index in [0.29, 0.717) is 13.2 Å². The van der Waals surface area contributed by atoms with Crippen LogP contribution in [0.1, 0.15) is 32.8 Å². The molecule has 1 aliphatic heterocycles. The van der Waals surface area contributed by atoms with Crippen molar-refractivity contribution >= 4 is 5.97 Å². The van der Waals surface area contributed by atoms with Gasteiger partial charge < -0.3 is 9.47 Å². The van der Waals surface area contributed by atoms with Crippen LogP contribution in [0.2, 0.25) is 0 Å². The molecule has 1 aromatic carbocycles. The summed E-state index contributed by atoms with van der Waals surface area (Å²) in [5.74, 6) is -0.257. The zero-order chi connectivity index (χ0) is 14.6. The first-order chi connectivity index (χ1) is 9.58. The van der Waals surface area contributed by atoms with E-state index in [0.717, 1.165) is 17.6 Å². The molecule has 0 saturated carbocycles. The van der Waals surface area contributed by atoms with Crippen molar-refractivity contribution in [2.24, 2.45) is 5.41 Å². The van der Waals surface area contributed by atoms with E-state index < -0.39 is 6.10 Å². The van der Waals surface area contributed by atoms with E-state index in [1.165, 1.54) is 0 Å². The predicted molar refractivity (Wildman–Crippen MR) is 78.1 cm³/mol. The van der Waals surface area contributed by atoms with Gasteiger partial charge in [-0.2, -0.15) is 0 Å². The highest BCUT2D eigenvalue weighted by atomic mass is 16.6. The third kappa shape index (κ3) is 2.93. The molecule has 1 aliphatic rings. The Kier molecular flexibility index (Phi) is 4.61. The van der Waals surface area contributed by atoms with E-state index in [1.54, 1.807) is 0 Å². The summed E-state index contributed by atoms with van der Waals surface area (Å²) in [4.78, 5) is 11.9. The van der Waals surface area contributed by atoms with Crippen molar-refractivity contribution in [1.82, 2.24) is 0 Å². The van der Waals surface area contributed by atoms with Crippen molar-refractivity contribution < 1.29 is 14.3 Å². The quantitative estimate of drug-likeness (QED) is 0.609. The van der Waals surface area contributed by atoms with E-state index in [-0.39, 0.29) is 11.4 Å². The summed E-state index contributed by atoms with van der Waals surface area (Å²) < 4.78 is 11.1. The summed E-state index contributed by atoms with van der Waals surface area (Å²) in [6.45, 7) is 6.99. The van der Waals surface area contributed by atoms with E-state index >= 15 is 0 Å². The highest BCUT2D eigenvalue weighted by molar-refractivity contribution is 5.79. The first-order valence-electron chi connectivity index (χ1n) is 7.07. The largest absolute Gasteiger partial charge is 0.463 e. The van der Waals surface area contributed by atoms with E-state index in [1.807, 2.05) is 44.2 Å². The van der Waals surface area contributed by atoms with Crippen LogP contribution in [-0.2, 0) is 20.9 Å². The number of cyclic esters (lactones) is 1. The van der Waals surface area contributed by atoms with Crippen LogP contribution in [0.4, 0.5) is 0 Å². The van der Waals surface area contributed by atoms with Gasteiger partial charge in [0, 0.05) is 0 Å². The van der Waals surface area contributed by atoms with Crippen molar-refractivity contribution in [3.63, 3.8) is 0 Å². The van der Waals surface area contributed by atoms with Gasteiger partial charge in [-0.25, -0.2) is 4.79 Å². The monoisotopic (exact) mass is 274 g/mol. The van der Waals surface area contributed by atoms with E-state index in [4.69, 9.17) is 9.47 Å². The van der Waals surface area contributed by atoms with Gasteiger partial charge in [0.25, 0.3) is 0 Å². The topological polar surface area (TPSA) is 35.5 Å². The molecule has 108 valence electrons. The SMILES string of the molecule is CC/C=C(\C)[C@]1(C)COC(=O)[C@@H]1OCc1ccccc1. The molecule has 20 heavy (non-hydrogen) atoms. The first-order valence-corrected chi connectivity index (χ1v) is 7.07. The van der Waals surface area contributed by atoms with Crippen LogP contribution >= 0.6 is 0 Å². The van der Waals surface area contributed by atoms with E-state index in [9.17, 15) is 4.79 Å². The lowest BCUT2D eigenvalue weighted by molar-refractivity contribution is -0.149. The number of hydrogen-bond donors (Lipinski definition) is 0. The summed E-state index contributed by atoms with van der Waals surface area (Å²) in [5.41, 5.74) is 1.86. The smallest absolute Gasteiger partial charge is 0.336 e. The highest BCUT2D eigenvalue weighted by Gasteiger charge is 2.49. The van der Waals surface area contributed by atoms with Gasteiger partial charge in [-0.15, -0.1) is 0 Å². The second-order valence-electron chi connectivity index (χ2n) is 5.50. The zero-order valence-corrected chi connectivity index (χ0v) is 12.4. The van der Waals surface area contributed by atoms with Crippen molar-refractivity contribution in [3.8, 4) is 0 Å². The summed E-state index contributed by atoms with van der Waals surface area (Å²) in [6, 6.07) is 9.88. The van der Waals surface area contributed by atoms with Crippen molar-refractivity contribution in [3.05, 3.63) is 47.5 Å². The maximum absolute atomic E-state index is 11.9. The fourth-order valence-electron chi connectivity index (χ4n) is 2.50. The molecule has 2 rings (SSSR count). The van der Waals surface area contributed by atoms with Gasteiger partial charge in [0.2, 0.25) is 0 Å². The number of rotatable bonds is 5. The molecule has 0 N–H and O–H groups in total. The summed E-state index contributed by atoms with van der Waals surface area (Å²) in [6.07, 6.45) is 2.56. The van der Waals surface area contributed by atoms with Crippen LogP contribution < -0.4 is 0 Å². The van der Waals surface area contributed by atoms with Gasteiger partial charge in [0.1, 0.15) is 6.61 Å². The van der Waals surface area contributed by atoms with Crippen LogP contribution in [-0.4, -0.2) is 18.7 Å². The Hall–Kier alpha value is -1.61. The minimum atomic E-state index is -0.523. The molecule has 1 aromatic rings. The molecular weight excluding hydrogens is 252 g/mol. The molecule has 0 radical (unpaired) electrons. The molecule has 0 aromatic heterocycles. The molecule has 0 amide bonds. The fraction of sp³-hybridized carbons (Fsp3) is 0.471. The second-order valence-corrected chi connectivity index (χ2v) is 5.50. The van der Waals surface area contributed by atoms with Crippen LogP contribution in [0.15, 0.2) is 42.0 Å². The minimum Gasteiger partial charge on any atom is -0.463 e. The molecule has 0 aliphatic carbocycles. The number of ether oxygens (including phenoxy) is 2. The Bertz CT molecular complexity index is 492. The van der Waals surface area contributed by atoms with Gasteiger partial charge in [0.15, 0.2) is 6.10 Å². The molecule has 1 saturated heterocycles. The number of benzene rings is 1. The number of carbonyl (C=O) groups is 1.